The Morgan fingerprint density at radius 2 is 1.49 bits per heavy atom. The molecular weight excluding hydrogens is 441 g/mol. The molecule has 1 aromatic heterocycles. The van der Waals surface area contributed by atoms with Crippen molar-refractivity contribution in [2.75, 3.05) is 6.54 Å². The van der Waals surface area contributed by atoms with Crippen LogP contribution in [0, 0.1) is 17.8 Å². The summed E-state index contributed by atoms with van der Waals surface area (Å²) in [7, 11) is 34.5. The number of carboxylic acids is 2. The second-order valence-corrected chi connectivity index (χ2v) is 9.06. The van der Waals surface area contributed by atoms with Gasteiger partial charge in [-0.2, -0.15) is 0 Å². The van der Waals surface area contributed by atoms with Crippen LogP contribution in [0.4, 0.5) is 0 Å². The SMILES string of the molecule is [B]C([B])([B])N(CCc1c[nH]c2cccc(OC(=O)C3CC(C(=O)O)CC(C(=O)O)C3)c12)C([B])([B])[B]. The van der Waals surface area contributed by atoms with Gasteiger partial charge in [0, 0.05) is 17.1 Å². The number of aromatic amines is 1. The van der Waals surface area contributed by atoms with Gasteiger partial charge in [0.15, 0.2) is 0 Å². The number of rotatable bonds is 9. The van der Waals surface area contributed by atoms with E-state index in [2.05, 4.69) is 4.98 Å². The molecule has 2 aromatic rings. The first-order valence-electron chi connectivity index (χ1n) is 11.0. The molecule has 1 fully saturated rings. The number of nitrogens with one attached hydrogen (secondary N) is 1. The molecule has 0 saturated heterocycles. The summed E-state index contributed by atoms with van der Waals surface area (Å²) in [6, 6.07) is 5.03. The van der Waals surface area contributed by atoms with Crippen molar-refractivity contribution in [1.82, 2.24) is 9.88 Å². The van der Waals surface area contributed by atoms with Crippen LogP contribution < -0.4 is 4.74 Å². The maximum Gasteiger partial charge on any atom is 0.314 e. The fourth-order valence-corrected chi connectivity index (χ4v) is 4.56. The average Bonchev–Trinajstić information content (AvgIpc) is 3.15. The molecule has 0 amide bonds. The van der Waals surface area contributed by atoms with E-state index >= 15 is 0 Å². The highest BCUT2D eigenvalue weighted by Crippen LogP contribution is 2.36. The number of fused-ring (bicyclic) bond motifs is 1. The predicted octanol–water partition coefficient (Wildman–Crippen LogP) is -0.647. The lowest BCUT2D eigenvalue weighted by Gasteiger charge is -2.48. The van der Waals surface area contributed by atoms with Crippen LogP contribution in [0.15, 0.2) is 24.4 Å². The topological polar surface area (TPSA) is 120 Å². The van der Waals surface area contributed by atoms with Crippen LogP contribution in [-0.4, -0.2) is 102 Å². The number of aliphatic carboxylic acids is 2. The van der Waals surface area contributed by atoms with E-state index in [1.807, 2.05) is 0 Å². The predicted molar refractivity (Wildman–Crippen MR) is 134 cm³/mol. The van der Waals surface area contributed by atoms with Crippen LogP contribution in [-0.2, 0) is 20.8 Å². The van der Waals surface area contributed by atoms with Gasteiger partial charge in [0.1, 0.15) is 5.75 Å². The molecule has 0 spiro atoms. The van der Waals surface area contributed by atoms with Gasteiger partial charge in [-0.15, -0.1) is 0 Å². The zero-order valence-corrected chi connectivity index (χ0v) is 19.0. The summed E-state index contributed by atoms with van der Waals surface area (Å²) in [5.74, 6) is -5.52. The quantitative estimate of drug-likeness (QED) is 0.258. The van der Waals surface area contributed by atoms with Crippen LogP contribution in [0.2, 0.25) is 0 Å². The Morgan fingerprint density at radius 1 is 0.943 bits per heavy atom. The first-order chi connectivity index (χ1) is 16.2. The fraction of sp³-hybridized carbons (Fsp3) is 0.476. The molecule has 1 aromatic carbocycles. The van der Waals surface area contributed by atoms with E-state index in [0.717, 1.165) is 4.90 Å². The highest BCUT2D eigenvalue weighted by molar-refractivity contribution is 6.63. The molecule has 14 heteroatoms. The summed E-state index contributed by atoms with van der Waals surface area (Å²) >= 11 is 0. The normalized spacial score (nSPS) is 21.1. The van der Waals surface area contributed by atoms with Crippen LogP contribution in [0.3, 0.4) is 0 Å². The Labute approximate surface area is 211 Å². The molecule has 1 aliphatic carbocycles. The van der Waals surface area contributed by atoms with Crippen molar-refractivity contribution in [3.63, 3.8) is 0 Å². The highest BCUT2D eigenvalue weighted by atomic mass is 16.5. The van der Waals surface area contributed by atoms with Gasteiger partial charge < -0.3 is 24.8 Å². The number of benzene rings is 1. The van der Waals surface area contributed by atoms with Gasteiger partial charge in [0.05, 0.1) is 64.8 Å². The number of carboxylic acid groups (broad SMARTS) is 2. The second kappa shape index (κ2) is 10.2. The van der Waals surface area contributed by atoms with E-state index in [9.17, 15) is 24.6 Å². The number of carbonyl (C=O) groups excluding carboxylic acids is 1. The van der Waals surface area contributed by atoms with Gasteiger partial charge in [-0.3, -0.25) is 14.4 Å². The molecule has 3 rings (SSSR count). The zero-order chi connectivity index (χ0) is 26.1. The summed E-state index contributed by atoms with van der Waals surface area (Å²) in [5, 5.41) is 15.6. The van der Waals surface area contributed by atoms with E-state index in [1.165, 1.54) is 0 Å². The smallest absolute Gasteiger partial charge is 0.314 e. The zero-order valence-electron chi connectivity index (χ0n) is 19.0. The number of H-pyrrole nitrogens is 1. The molecule has 1 saturated carbocycles. The lowest BCUT2D eigenvalue weighted by molar-refractivity contribution is -0.152. The number of aromatic nitrogens is 1. The van der Waals surface area contributed by atoms with E-state index in [0.29, 0.717) is 16.5 Å². The van der Waals surface area contributed by atoms with Crippen LogP contribution in [0.1, 0.15) is 24.8 Å². The standard InChI is InChI=1S/C21H20B6N2O6/c22-20(23,24)29(21(25,26)27)5-4-10-9-28-14-2-1-3-15(16(10)14)35-19(34)13-7-11(17(30)31)6-12(8-13)18(32)33/h1-3,9,11-13,28H,4-8H2,(H,30,31)(H,32,33). The summed E-state index contributed by atoms with van der Waals surface area (Å²) in [6.07, 6.45) is 1.93. The molecule has 1 heterocycles. The first kappa shape index (κ1) is 27.1. The van der Waals surface area contributed by atoms with Crippen molar-refractivity contribution in [3.05, 3.63) is 30.0 Å². The largest absolute Gasteiger partial charge is 0.481 e. The molecule has 0 aliphatic heterocycles. The molecule has 168 valence electrons. The summed E-state index contributed by atoms with van der Waals surface area (Å²) < 4.78 is 5.66. The van der Waals surface area contributed by atoms with Crippen molar-refractivity contribution in [1.29, 1.82) is 0 Å². The molecule has 2 atom stereocenters. The highest BCUT2D eigenvalue weighted by Gasteiger charge is 2.40. The van der Waals surface area contributed by atoms with E-state index in [-0.39, 0.29) is 38.0 Å². The number of esters is 1. The van der Waals surface area contributed by atoms with Crippen molar-refractivity contribution >= 4 is 75.9 Å². The Hall–Kier alpha value is -2.48. The summed E-state index contributed by atoms with van der Waals surface area (Å²) in [6.45, 7) is 0.0610. The van der Waals surface area contributed by atoms with Crippen LogP contribution >= 0.6 is 0 Å². The van der Waals surface area contributed by atoms with Gasteiger partial charge in [0.2, 0.25) is 0 Å². The van der Waals surface area contributed by atoms with E-state index in [4.69, 9.17) is 51.8 Å². The third-order valence-corrected chi connectivity index (χ3v) is 6.24. The molecule has 0 bridgehead atoms. The van der Waals surface area contributed by atoms with Gasteiger partial charge in [0.25, 0.3) is 0 Å². The van der Waals surface area contributed by atoms with Gasteiger partial charge in [-0.1, -0.05) is 16.5 Å². The fourth-order valence-electron chi connectivity index (χ4n) is 4.56. The minimum absolute atomic E-state index is 0.0000421. The molecule has 2 unspecified atom stereocenters. The van der Waals surface area contributed by atoms with Crippen molar-refractivity contribution in [2.45, 2.75) is 36.2 Å². The molecular formula is C21H20B6N2O6. The Morgan fingerprint density at radius 3 is 2.00 bits per heavy atom. The maximum atomic E-state index is 13.0. The van der Waals surface area contributed by atoms with E-state index < -0.39 is 46.1 Å². The third-order valence-electron chi connectivity index (χ3n) is 6.24. The van der Waals surface area contributed by atoms with Gasteiger partial charge in [-0.05, 0) is 49.9 Å². The summed E-state index contributed by atoms with van der Waals surface area (Å²) in [4.78, 5) is 40.2. The molecule has 8 nitrogen and oxygen atoms in total. The number of hydrogen-bond donors (Lipinski definition) is 3. The Kier molecular flexibility index (Phi) is 7.94. The first-order valence-corrected chi connectivity index (χ1v) is 11.0. The van der Waals surface area contributed by atoms with Gasteiger partial charge in [-0.25, -0.2) is 0 Å². The minimum Gasteiger partial charge on any atom is -0.481 e. The molecule has 3 N–H and O–H groups in total. The van der Waals surface area contributed by atoms with E-state index in [1.54, 1.807) is 24.4 Å². The average molecular weight is 461 g/mol. The molecule has 1 aliphatic rings. The van der Waals surface area contributed by atoms with Crippen LogP contribution in [0.25, 0.3) is 10.9 Å². The monoisotopic (exact) mass is 462 g/mol. The van der Waals surface area contributed by atoms with Crippen molar-refractivity contribution < 1.29 is 29.3 Å². The third kappa shape index (κ3) is 6.40. The van der Waals surface area contributed by atoms with Crippen molar-refractivity contribution in [3.8, 4) is 5.75 Å². The summed E-state index contributed by atoms with van der Waals surface area (Å²) in [5.41, 5.74) is 1.35. The lowest BCUT2D eigenvalue weighted by Crippen LogP contribution is -2.64. The number of hydrogen-bond acceptors (Lipinski definition) is 5. The van der Waals surface area contributed by atoms with Crippen LogP contribution in [0.5, 0.6) is 5.75 Å². The lowest BCUT2D eigenvalue weighted by atomic mass is 9.40. The van der Waals surface area contributed by atoms with Gasteiger partial charge >= 0.3 is 17.9 Å². The maximum absolute atomic E-state index is 13.0. The minimum atomic E-state index is -1.90. The van der Waals surface area contributed by atoms with Crippen molar-refractivity contribution in [2.24, 2.45) is 17.8 Å². The number of ether oxygens (including phenoxy) is 1. The molecule has 12 radical (unpaired) electrons. The number of nitrogens with zero attached hydrogens (tertiary/aromatic N) is 1. The second-order valence-electron chi connectivity index (χ2n) is 9.06. The number of carbonyl (C=O) groups is 3. The Bertz CT molecular complexity index is 1080. The molecule has 35 heavy (non-hydrogen) atoms. The Balaban J connectivity index is 1.84.